The molecular weight excluding hydrogens is 384 g/mol. The molecule has 1 fully saturated rings. The number of carbonyl (C=O) groups is 1. The fourth-order valence-corrected chi connectivity index (χ4v) is 4.26. The van der Waals surface area contributed by atoms with Gasteiger partial charge in [-0.2, -0.15) is 0 Å². The molecule has 3 aliphatic heterocycles. The second kappa shape index (κ2) is 8.26. The quantitative estimate of drug-likeness (QED) is 0.702. The van der Waals surface area contributed by atoms with Crippen LogP contribution in [0.3, 0.4) is 0 Å². The van der Waals surface area contributed by atoms with Crippen LogP contribution in [0.15, 0.2) is 34.6 Å². The Balaban J connectivity index is 1.31. The molecule has 0 atom stereocenters. The van der Waals surface area contributed by atoms with Gasteiger partial charge in [0.1, 0.15) is 24.0 Å². The second-order valence-electron chi connectivity index (χ2n) is 7.96. The van der Waals surface area contributed by atoms with Crippen molar-refractivity contribution in [1.82, 2.24) is 9.80 Å². The van der Waals surface area contributed by atoms with Crippen LogP contribution < -0.4 is 9.47 Å². The van der Waals surface area contributed by atoms with Gasteiger partial charge in [-0.25, -0.2) is 0 Å². The van der Waals surface area contributed by atoms with Gasteiger partial charge in [0.2, 0.25) is 5.78 Å². The topological polar surface area (TPSA) is 64.4 Å². The minimum absolute atomic E-state index is 0.105. The summed E-state index contributed by atoms with van der Waals surface area (Å²) in [5.41, 5.74) is 2.45. The molecule has 0 radical (unpaired) electrons. The van der Waals surface area contributed by atoms with Crippen molar-refractivity contribution < 1.29 is 23.4 Å². The molecule has 158 valence electrons. The minimum Gasteiger partial charge on any atom is -0.478 e. The van der Waals surface area contributed by atoms with Crippen LogP contribution in [0.4, 0.5) is 0 Å². The number of aryl methyl sites for hydroxylation is 1. The summed E-state index contributed by atoms with van der Waals surface area (Å²) in [6.07, 6.45) is 4.29. The SMILES string of the molecule is Cc1cc2c(c3c1C(=O)/C(=C/c1ccco1)O3)CN(CCCN1CCOCC1)CO2. The smallest absolute Gasteiger partial charge is 0.232 e. The maximum Gasteiger partial charge on any atom is 0.232 e. The summed E-state index contributed by atoms with van der Waals surface area (Å²) >= 11 is 0. The van der Waals surface area contributed by atoms with E-state index in [1.54, 1.807) is 24.5 Å². The molecule has 1 aromatic heterocycles. The molecule has 1 aromatic carbocycles. The molecule has 0 saturated carbocycles. The number of rotatable bonds is 5. The maximum atomic E-state index is 13.0. The molecule has 0 spiro atoms. The Bertz CT molecular complexity index is 960. The average Bonchev–Trinajstić information content (AvgIpc) is 3.38. The highest BCUT2D eigenvalue weighted by molar-refractivity contribution is 6.15. The highest BCUT2D eigenvalue weighted by atomic mass is 16.5. The lowest BCUT2D eigenvalue weighted by Gasteiger charge is -2.31. The van der Waals surface area contributed by atoms with E-state index >= 15 is 0 Å². The molecule has 0 bridgehead atoms. The van der Waals surface area contributed by atoms with Crippen molar-refractivity contribution in [1.29, 1.82) is 0 Å². The first-order valence-electron chi connectivity index (χ1n) is 10.5. The van der Waals surface area contributed by atoms with Gasteiger partial charge in [-0.05, 0) is 43.7 Å². The Morgan fingerprint density at radius 3 is 2.80 bits per heavy atom. The first-order chi connectivity index (χ1) is 14.7. The molecule has 2 aromatic rings. The Morgan fingerprint density at radius 1 is 1.17 bits per heavy atom. The van der Waals surface area contributed by atoms with E-state index < -0.39 is 0 Å². The highest BCUT2D eigenvalue weighted by Gasteiger charge is 2.35. The number of hydrogen-bond donors (Lipinski definition) is 0. The predicted molar refractivity (Wildman–Crippen MR) is 111 cm³/mol. The van der Waals surface area contributed by atoms with Crippen LogP contribution in [0.2, 0.25) is 0 Å². The molecule has 0 unspecified atom stereocenters. The van der Waals surface area contributed by atoms with E-state index in [1.165, 1.54) is 0 Å². The molecule has 5 rings (SSSR count). The summed E-state index contributed by atoms with van der Waals surface area (Å²) in [6, 6.07) is 5.54. The van der Waals surface area contributed by atoms with Crippen molar-refractivity contribution in [3.63, 3.8) is 0 Å². The van der Waals surface area contributed by atoms with E-state index in [-0.39, 0.29) is 5.78 Å². The number of morpholine rings is 1. The molecule has 0 N–H and O–H groups in total. The third-order valence-corrected chi connectivity index (χ3v) is 5.86. The third-order valence-electron chi connectivity index (χ3n) is 5.86. The zero-order valence-corrected chi connectivity index (χ0v) is 17.2. The molecule has 1 saturated heterocycles. The Kier molecular flexibility index (Phi) is 5.33. The van der Waals surface area contributed by atoms with Gasteiger partial charge in [-0.3, -0.25) is 14.6 Å². The van der Waals surface area contributed by atoms with Gasteiger partial charge in [-0.1, -0.05) is 0 Å². The Hall–Kier alpha value is -2.61. The van der Waals surface area contributed by atoms with Gasteiger partial charge >= 0.3 is 0 Å². The van der Waals surface area contributed by atoms with Gasteiger partial charge < -0.3 is 18.6 Å². The van der Waals surface area contributed by atoms with E-state index in [0.717, 1.165) is 62.7 Å². The number of Topliss-reactive ketones (excluding diaryl/α,β-unsaturated/α-hetero) is 1. The number of nitrogens with zero attached hydrogens (tertiary/aromatic N) is 2. The molecule has 30 heavy (non-hydrogen) atoms. The van der Waals surface area contributed by atoms with Crippen molar-refractivity contribution in [2.24, 2.45) is 0 Å². The van der Waals surface area contributed by atoms with E-state index in [2.05, 4.69) is 9.80 Å². The van der Waals surface area contributed by atoms with Crippen molar-refractivity contribution in [2.45, 2.75) is 19.9 Å². The zero-order chi connectivity index (χ0) is 20.5. The van der Waals surface area contributed by atoms with Crippen LogP contribution in [0.1, 0.15) is 33.7 Å². The maximum absolute atomic E-state index is 13.0. The molecule has 0 aliphatic carbocycles. The number of allylic oxidation sites excluding steroid dienone is 1. The number of ether oxygens (including phenoxy) is 3. The largest absolute Gasteiger partial charge is 0.478 e. The van der Waals surface area contributed by atoms with Crippen LogP contribution in [0, 0.1) is 6.92 Å². The second-order valence-corrected chi connectivity index (χ2v) is 7.96. The zero-order valence-electron chi connectivity index (χ0n) is 17.2. The number of furan rings is 1. The molecule has 4 heterocycles. The van der Waals surface area contributed by atoms with Crippen molar-refractivity contribution in [2.75, 3.05) is 46.1 Å². The van der Waals surface area contributed by atoms with Gasteiger partial charge in [0.05, 0.1) is 30.6 Å². The molecule has 0 amide bonds. The number of benzene rings is 1. The lowest BCUT2D eigenvalue weighted by atomic mass is 9.99. The summed E-state index contributed by atoms with van der Waals surface area (Å²) in [7, 11) is 0. The Morgan fingerprint density at radius 2 is 2.00 bits per heavy atom. The molecule has 7 heteroatoms. The van der Waals surface area contributed by atoms with E-state index in [1.807, 2.05) is 13.0 Å². The van der Waals surface area contributed by atoms with Gasteiger partial charge in [-0.15, -0.1) is 0 Å². The van der Waals surface area contributed by atoms with E-state index in [0.29, 0.717) is 36.1 Å². The lowest BCUT2D eigenvalue weighted by molar-refractivity contribution is 0.0329. The molecular formula is C23H26N2O5. The average molecular weight is 410 g/mol. The standard InChI is InChI=1S/C23H26N2O5/c1-16-12-19-18(14-25(15-29-19)6-3-5-24-7-10-27-11-8-24)23-21(16)22(26)20(30-23)13-17-4-2-9-28-17/h2,4,9,12-13H,3,5-8,10-11,14-15H2,1H3/b20-13-. The molecule has 3 aliphatic rings. The van der Waals surface area contributed by atoms with Crippen molar-refractivity contribution in [3.05, 3.63) is 52.7 Å². The summed E-state index contributed by atoms with van der Waals surface area (Å²) < 4.78 is 22.8. The third kappa shape index (κ3) is 3.76. The Labute approximate surface area is 175 Å². The summed E-state index contributed by atoms with van der Waals surface area (Å²) in [5.74, 6) is 2.22. The summed E-state index contributed by atoms with van der Waals surface area (Å²) in [4.78, 5) is 17.7. The number of ketones is 1. The van der Waals surface area contributed by atoms with Crippen molar-refractivity contribution >= 4 is 11.9 Å². The van der Waals surface area contributed by atoms with E-state index in [4.69, 9.17) is 18.6 Å². The fourth-order valence-electron chi connectivity index (χ4n) is 4.26. The van der Waals surface area contributed by atoms with Crippen molar-refractivity contribution in [3.8, 4) is 11.5 Å². The van der Waals surface area contributed by atoms with Crippen LogP contribution in [-0.4, -0.2) is 61.7 Å². The van der Waals surface area contributed by atoms with Crippen LogP contribution in [0.25, 0.3) is 6.08 Å². The van der Waals surface area contributed by atoms with Gasteiger partial charge in [0, 0.05) is 32.3 Å². The highest BCUT2D eigenvalue weighted by Crippen LogP contribution is 2.44. The van der Waals surface area contributed by atoms with Gasteiger partial charge in [0.25, 0.3) is 0 Å². The number of fused-ring (bicyclic) bond motifs is 3. The first kappa shape index (κ1) is 19.4. The van der Waals surface area contributed by atoms with E-state index in [9.17, 15) is 4.79 Å². The minimum atomic E-state index is -0.105. The molecule has 7 nitrogen and oxygen atoms in total. The summed E-state index contributed by atoms with van der Waals surface area (Å²) in [5, 5.41) is 0. The van der Waals surface area contributed by atoms with Crippen LogP contribution in [0.5, 0.6) is 11.5 Å². The predicted octanol–water partition coefficient (Wildman–Crippen LogP) is 3.08. The first-order valence-corrected chi connectivity index (χ1v) is 10.5. The normalized spacial score (nSPS) is 20.7. The lowest BCUT2D eigenvalue weighted by Crippen LogP contribution is -2.39. The van der Waals surface area contributed by atoms with Crippen LogP contribution >= 0.6 is 0 Å². The monoisotopic (exact) mass is 410 g/mol. The number of carbonyl (C=O) groups excluding carboxylic acids is 1. The van der Waals surface area contributed by atoms with Crippen LogP contribution in [-0.2, 0) is 11.3 Å². The van der Waals surface area contributed by atoms with Gasteiger partial charge in [0.15, 0.2) is 5.76 Å². The fraction of sp³-hybridized carbons (Fsp3) is 0.435. The number of hydrogen-bond acceptors (Lipinski definition) is 7. The summed E-state index contributed by atoms with van der Waals surface area (Å²) in [6.45, 7) is 8.84.